The summed E-state index contributed by atoms with van der Waals surface area (Å²) in [7, 11) is 0. The highest BCUT2D eigenvalue weighted by Gasteiger charge is 2.33. The quantitative estimate of drug-likeness (QED) is 0.835. The summed E-state index contributed by atoms with van der Waals surface area (Å²) in [6.07, 6.45) is 0.470. The average molecular weight is 266 g/mol. The fourth-order valence-electron chi connectivity index (χ4n) is 2.20. The Hall–Kier alpha value is -2.11. The summed E-state index contributed by atoms with van der Waals surface area (Å²) < 4.78 is 13.7. The lowest BCUT2D eigenvalue weighted by atomic mass is 10.1. The molecule has 1 fully saturated rings. The molecule has 1 atom stereocenters. The molecule has 1 unspecified atom stereocenters. The number of benzene rings is 1. The van der Waals surface area contributed by atoms with Gasteiger partial charge >= 0.3 is 0 Å². The Kier molecular flexibility index (Phi) is 3.69. The fourth-order valence-corrected chi connectivity index (χ4v) is 2.20. The highest BCUT2D eigenvalue weighted by molar-refractivity contribution is 5.98. The molecule has 2 N–H and O–H groups in total. The third-order valence-corrected chi connectivity index (χ3v) is 3.16. The Morgan fingerprint density at radius 3 is 2.95 bits per heavy atom. The summed E-state index contributed by atoms with van der Waals surface area (Å²) in [4.78, 5) is 25.3. The van der Waals surface area contributed by atoms with Crippen molar-refractivity contribution in [3.8, 4) is 5.75 Å². The van der Waals surface area contributed by atoms with Crippen LogP contribution in [0, 0.1) is 5.82 Å². The second kappa shape index (κ2) is 5.26. The number of halogens is 1. The fraction of sp³-hybridized carbons (Fsp3) is 0.385. The Morgan fingerprint density at radius 1 is 1.58 bits per heavy atom. The summed E-state index contributed by atoms with van der Waals surface area (Å²) >= 11 is 0. The van der Waals surface area contributed by atoms with E-state index in [-0.39, 0.29) is 17.2 Å². The van der Waals surface area contributed by atoms with E-state index < -0.39 is 17.8 Å². The second-order valence-corrected chi connectivity index (χ2v) is 4.38. The Labute approximate surface area is 110 Å². The van der Waals surface area contributed by atoms with E-state index in [1.54, 1.807) is 6.92 Å². The van der Waals surface area contributed by atoms with Crippen molar-refractivity contribution in [2.24, 2.45) is 0 Å². The van der Waals surface area contributed by atoms with Gasteiger partial charge in [-0.25, -0.2) is 4.39 Å². The number of carbonyl (C=O) groups excluding carboxylic acids is 2. The first-order valence-corrected chi connectivity index (χ1v) is 6.11. The van der Waals surface area contributed by atoms with Gasteiger partial charge < -0.3 is 15.3 Å². The number of hydrogen-bond acceptors (Lipinski definition) is 3. The molecule has 102 valence electrons. The summed E-state index contributed by atoms with van der Waals surface area (Å²) in [5, 5.41) is 11.8. The predicted octanol–water partition coefficient (Wildman–Crippen LogP) is 0.882. The topological polar surface area (TPSA) is 69.6 Å². The molecule has 1 aliphatic rings. The maximum absolute atomic E-state index is 13.7. The van der Waals surface area contributed by atoms with E-state index in [1.807, 2.05) is 0 Å². The van der Waals surface area contributed by atoms with Crippen molar-refractivity contribution in [1.29, 1.82) is 0 Å². The lowest BCUT2D eigenvalue weighted by Gasteiger charge is -2.34. The molecular formula is C13H15FN2O3. The number of phenols is 1. The lowest BCUT2D eigenvalue weighted by Crippen LogP contribution is -2.57. The molecule has 1 aliphatic heterocycles. The molecule has 1 aromatic rings. The largest absolute Gasteiger partial charge is 0.508 e. The first-order valence-electron chi connectivity index (χ1n) is 6.11. The van der Waals surface area contributed by atoms with E-state index in [9.17, 15) is 14.0 Å². The number of hydrogen-bond donors (Lipinski definition) is 2. The van der Waals surface area contributed by atoms with Gasteiger partial charge in [0.15, 0.2) is 0 Å². The van der Waals surface area contributed by atoms with Crippen LogP contribution < -0.4 is 5.32 Å². The lowest BCUT2D eigenvalue weighted by molar-refractivity contribution is -0.127. The van der Waals surface area contributed by atoms with Crippen LogP contribution in [0.25, 0.3) is 0 Å². The van der Waals surface area contributed by atoms with Gasteiger partial charge in [-0.1, -0.05) is 6.92 Å². The molecule has 2 rings (SSSR count). The summed E-state index contributed by atoms with van der Waals surface area (Å²) in [6, 6.07) is 2.79. The van der Waals surface area contributed by atoms with Gasteiger partial charge in [-0.15, -0.1) is 0 Å². The van der Waals surface area contributed by atoms with Crippen LogP contribution in [0.3, 0.4) is 0 Å². The van der Waals surface area contributed by atoms with Gasteiger partial charge in [-0.3, -0.25) is 9.59 Å². The number of piperazine rings is 1. The monoisotopic (exact) mass is 266 g/mol. The van der Waals surface area contributed by atoms with Gasteiger partial charge in [0.1, 0.15) is 17.6 Å². The van der Waals surface area contributed by atoms with Crippen LogP contribution in [0.15, 0.2) is 18.2 Å². The maximum atomic E-state index is 13.7. The zero-order chi connectivity index (χ0) is 14.0. The van der Waals surface area contributed by atoms with E-state index in [4.69, 9.17) is 5.11 Å². The van der Waals surface area contributed by atoms with E-state index in [0.29, 0.717) is 19.5 Å². The number of rotatable bonds is 2. The summed E-state index contributed by atoms with van der Waals surface area (Å²) in [5.74, 6) is -1.77. The van der Waals surface area contributed by atoms with Crippen LogP contribution in [0.1, 0.15) is 23.7 Å². The van der Waals surface area contributed by atoms with Gasteiger partial charge in [0.2, 0.25) is 5.91 Å². The molecule has 0 saturated carbocycles. The molecule has 6 heteroatoms. The number of phenolic OH excluding ortho intramolecular Hbond substituents is 1. The third-order valence-electron chi connectivity index (χ3n) is 3.16. The standard InChI is InChI=1S/C13H15FN2O3/c1-2-11-12(18)15-5-6-16(11)13(19)9-4-3-8(17)7-10(9)14/h3-4,7,11,17H,2,5-6H2,1H3,(H,15,18). The van der Waals surface area contributed by atoms with Crippen molar-refractivity contribution in [3.63, 3.8) is 0 Å². The van der Waals surface area contributed by atoms with Gasteiger partial charge in [0.25, 0.3) is 5.91 Å². The number of carbonyl (C=O) groups is 2. The highest BCUT2D eigenvalue weighted by Crippen LogP contribution is 2.19. The minimum atomic E-state index is -0.786. The Morgan fingerprint density at radius 2 is 2.32 bits per heavy atom. The van der Waals surface area contributed by atoms with Gasteiger partial charge in [-0.2, -0.15) is 0 Å². The van der Waals surface area contributed by atoms with Crippen LogP contribution in [0.5, 0.6) is 5.75 Å². The first-order chi connectivity index (χ1) is 9.04. The zero-order valence-corrected chi connectivity index (χ0v) is 10.5. The molecule has 2 amide bonds. The SMILES string of the molecule is CCC1C(=O)NCCN1C(=O)c1ccc(O)cc1F. The van der Waals surface area contributed by atoms with Crippen molar-refractivity contribution in [1.82, 2.24) is 10.2 Å². The minimum Gasteiger partial charge on any atom is -0.508 e. The molecule has 0 radical (unpaired) electrons. The molecule has 0 spiro atoms. The molecule has 5 nitrogen and oxygen atoms in total. The molecule has 1 heterocycles. The van der Waals surface area contributed by atoms with Crippen LogP contribution in [0.4, 0.5) is 4.39 Å². The third kappa shape index (κ3) is 2.52. The van der Waals surface area contributed by atoms with Crippen molar-refractivity contribution >= 4 is 11.8 Å². The van der Waals surface area contributed by atoms with Crippen LogP contribution in [-0.4, -0.2) is 41.0 Å². The smallest absolute Gasteiger partial charge is 0.257 e. The van der Waals surface area contributed by atoms with Crippen molar-refractivity contribution in [3.05, 3.63) is 29.6 Å². The van der Waals surface area contributed by atoms with E-state index >= 15 is 0 Å². The van der Waals surface area contributed by atoms with E-state index in [2.05, 4.69) is 5.32 Å². The number of aromatic hydroxyl groups is 1. The Balaban J connectivity index is 2.29. The minimum absolute atomic E-state index is 0.133. The van der Waals surface area contributed by atoms with E-state index in [0.717, 1.165) is 6.07 Å². The highest BCUT2D eigenvalue weighted by atomic mass is 19.1. The van der Waals surface area contributed by atoms with Crippen LogP contribution >= 0.6 is 0 Å². The zero-order valence-electron chi connectivity index (χ0n) is 10.5. The molecular weight excluding hydrogens is 251 g/mol. The average Bonchev–Trinajstić information content (AvgIpc) is 2.37. The molecule has 1 saturated heterocycles. The van der Waals surface area contributed by atoms with Crippen molar-refractivity contribution in [2.45, 2.75) is 19.4 Å². The van der Waals surface area contributed by atoms with Gasteiger partial charge in [0.05, 0.1) is 5.56 Å². The van der Waals surface area contributed by atoms with E-state index in [1.165, 1.54) is 17.0 Å². The molecule has 1 aromatic carbocycles. The molecule has 19 heavy (non-hydrogen) atoms. The number of nitrogens with zero attached hydrogens (tertiary/aromatic N) is 1. The second-order valence-electron chi connectivity index (χ2n) is 4.38. The predicted molar refractivity (Wildman–Crippen MR) is 66.2 cm³/mol. The summed E-state index contributed by atoms with van der Waals surface area (Å²) in [6.45, 7) is 2.51. The summed E-state index contributed by atoms with van der Waals surface area (Å²) in [5.41, 5.74) is -0.133. The Bertz CT molecular complexity index is 519. The van der Waals surface area contributed by atoms with Crippen molar-refractivity contribution in [2.75, 3.05) is 13.1 Å². The van der Waals surface area contributed by atoms with Gasteiger partial charge in [-0.05, 0) is 18.6 Å². The van der Waals surface area contributed by atoms with Crippen LogP contribution in [0.2, 0.25) is 0 Å². The van der Waals surface area contributed by atoms with Crippen LogP contribution in [-0.2, 0) is 4.79 Å². The molecule has 0 aliphatic carbocycles. The maximum Gasteiger partial charge on any atom is 0.257 e. The number of nitrogens with one attached hydrogen (secondary N) is 1. The first kappa shape index (κ1) is 13.3. The van der Waals surface area contributed by atoms with Gasteiger partial charge in [0, 0.05) is 19.2 Å². The van der Waals surface area contributed by atoms with Crippen molar-refractivity contribution < 1.29 is 19.1 Å². The molecule has 0 bridgehead atoms. The number of amides is 2. The molecule has 0 aromatic heterocycles. The normalized spacial score (nSPS) is 19.2.